The zero-order valence-corrected chi connectivity index (χ0v) is 36.3. The number of allylic oxidation sites excluding steroid dienone is 2. The highest BCUT2D eigenvalue weighted by atomic mass is 16.8. The zero-order valence-electron chi connectivity index (χ0n) is 36.3. The van der Waals surface area contributed by atoms with Crippen molar-refractivity contribution in [1.82, 2.24) is 0 Å². The van der Waals surface area contributed by atoms with E-state index in [9.17, 15) is 54.9 Å². The zero-order chi connectivity index (χ0) is 44.2. The van der Waals surface area contributed by atoms with Crippen LogP contribution in [0.5, 0.6) is 0 Å². The van der Waals surface area contributed by atoms with E-state index in [0.717, 1.165) is 44.9 Å². The second-order valence-corrected chi connectivity index (χ2v) is 21.7. The lowest BCUT2D eigenvalue weighted by molar-refractivity contribution is -0.371. The third-order valence-corrected chi connectivity index (χ3v) is 17.2. The largest absolute Gasteiger partial charge is 0.479 e. The molecule has 19 atom stereocenters. The van der Waals surface area contributed by atoms with Crippen molar-refractivity contribution >= 4 is 23.5 Å². The van der Waals surface area contributed by atoms with Gasteiger partial charge in [0.05, 0.1) is 6.10 Å². The van der Waals surface area contributed by atoms with Gasteiger partial charge in [-0.15, -0.1) is 0 Å². The molecule has 6 fully saturated rings. The van der Waals surface area contributed by atoms with E-state index in [1.165, 1.54) is 5.57 Å². The molecule has 60 heavy (non-hydrogen) atoms. The summed E-state index contributed by atoms with van der Waals surface area (Å²) >= 11 is 0. The maximum Gasteiger partial charge on any atom is 0.335 e. The number of ketones is 2. The van der Waals surface area contributed by atoms with Gasteiger partial charge in [0.15, 0.2) is 30.6 Å². The van der Waals surface area contributed by atoms with Crippen LogP contribution >= 0.6 is 0 Å². The van der Waals surface area contributed by atoms with Crippen molar-refractivity contribution in [3.05, 3.63) is 11.6 Å². The first-order chi connectivity index (χ1) is 27.8. The fourth-order valence-electron chi connectivity index (χ4n) is 13.8. The average Bonchev–Trinajstić information content (AvgIpc) is 3.15. The number of carboxylic acids is 2. The lowest BCUT2D eigenvalue weighted by Crippen LogP contribution is -2.67. The number of aliphatic hydroxyl groups is 5. The number of carbonyl (C=O) groups excluding carboxylic acids is 2. The maximum absolute atomic E-state index is 14.9. The quantitative estimate of drug-likeness (QED) is 0.165. The summed E-state index contributed by atoms with van der Waals surface area (Å²) in [6.45, 7) is 17.3. The third kappa shape index (κ3) is 7.23. The molecule has 2 heterocycles. The van der Waals surface area contributed by atoms with E-state index in [0.29, 0.717) is 25.0 Å². The number of Topliss-reactive ketones (excluding diaryl/α,β-unsaturated/α-hetero) is 1. The summed E-state index contributed by atoms with van der Waals surface area (Å²) in [7, 11) is 0. The smallest absolute Gasteiger partial charge is 0.335 e. The standard InChI is InChI=1S/C45H68O15/c1-20(2)17-26(47)43(6)16-15-42(5)12-9-22-21(23(42)19-43)18-24(46)36-44(22,7)13-10-25-41(3,4)27(11-14-45(25,36)8)57-40-35(31(51)30(50)34(59-40)38(55)56)60-39-32(52)28(48)29(49)33(58-39)37(53)54/h18,20,22-23,25,27-36,39-40,48-52H,9-17,19H2,1-8H3,(H,53,54)(H,55,56)/t22?,23-,25-,27-,28+,29-,30-,31+,32?,33?,34?,35?,36-,39-,40-,42-,43-,44-,45-/m0/s1. The molecule has 0 amide bonds. The first-order valence-corrected chi connectivity index (χ1v) is 22.1. The molecule has 0 aromatic carbocycles. The Balaban J connectivity index is 1.15. The highest BCUT2D eigenvalue weighted by Crippen LogP contribution is 2.71. The minimum absolute atomic E-state index is 0.0359. The molecule has 2 aliphatic heterocycles. The van der Waals surface area contributed by atoms with Crippen molar-refractivity contribution in [2.24, 2.45) is 56.7 Å². The molecule has 0 bridgehead atoms. The molecule has 4 saturated carbocycles. The molecule has 15 nitrogen and oxygen atoms in total. The summed E-state index contributed by atoms with van der Waals surface area (Å²) in [6, 6.07) is 0. The van der Waals surface area contributed by atoms with Crippen LogP contribution < -0.4 is 0 Å². The number of aliphatic hydroxyl groups excluding tert-OH is 5. The van der Waals surface area contributed by atoms with Gasteiger partial charge in [0.2, 0.25) is 0 Å². The summed E-state index contributed by atoms with van der Waals surface area (Å²) in [5, 5.41) is 72.9. The molecule has 338 valence electrons. The minimum Gasteiger partial charge on any atom is -0.479 e. The Morgan fingerprint density at radius 2 is 1.32 bits per heavy atom. The average molecular weight is 849 g/mol. The predicted octanol–water partition coefficient (Wildman–Crippen LogP) is 3.39. The molecule has 0 radical (unpaired) electrons. The Labute approximate surface area is 352 Å². The van der Waals surface area contributed by atoms with Gasteiger partial charge in [-0.25, -0.2) is 9.59 Å². The van der Waals surface area contributed by atoms with Crippen LogP contribution in [-0.4, -0.2) is 127 Å². The summed E-state index contributed by atoms with van der Waals surface area (Å²) in [4.78, 5) is 52.6. The van der Waals surface area contributed by atoms with E-state index in [1.807, 2.05) is 19.9 Å². The molecule has 0 aromatic rings. The van der Waals surface area contributed by atoms with Gasteiger partial charge in [-0.1, -0.05) is 61.0 Å². The summed E-state index contributed by atoms with van der Waals surface area (Å²) < 4.78 is 23.5. The second-order valence-electron chi connectivity index (χ2n) is 21.7. The van der Waals surface area contributed by atoms with Gasteiger partial charge >= 0.3 is 11.9 Å². The van der Waals surface area contributed by atoms with Gasteiger partial charge in [-0.3, -0.25) is 9.59 Å². The number of carbonyl (C=O) groups is 4. The lowest BCUT2D eigenvalue weighted by Gasteiger charge is -2.67. The first-order valence-electron chi connectivity index (χ1n) is 22.1. The number of fused-ring (bicyclic) bond motifs is 7. The van der Waals surface area contributed by atoms with Gasteiger partial charge in [0.25, 0.3) is 0 Å². The number of aliphatic carboxylic acids is 2. The van der Waals surface area contributed by atoms with Crippen molar-refractivity contribution in [2.45, 2.75) is 187 Å². The van der Waals surface area contributed by atoms with Crippen LogP contribution in [-0.2, 0) is 38.1 Å². The molecule has 7 rings (SSSR count). The monoisotopic (exact) mass is 848 g/mol. The number of carboxylic acid groups (broad SMARTS) is 2. The van der Waals surface area contributed by atoms with Gasteiger partial charge in [0, 0.05) is 17.8 Å². The van der Waals surface area contributed by atoms with Crippen LogP contribution in [0.3, 0.4) is 0 Å². The van der Waals surface area contributed by atoms with Crippen molar-refractivity contribution < 1.29 is 73.9 Å². The molecule has 7 N–H and O–H groups in total. The molecule has 2 saturated heterocycles. The van der Waals surface area contributed by atoms with E-state index in [4.69, 9.17) is 18.9 Å². The highest BCUT2D eigenvalue weighted by Gasteiger charge is 2.68. The molecule has 7 aliphatic rings. The third-order valence-electron chi connectivity index (χ3n) is 17.2. The van der Waals surface area contributed by atoms with Gasteiger partial charge in [0.1, 0.15) is 42.4 Å². The Kier molecular flexibility index (Phi) is 12.0. The molecule has 5 unspecified atom stereocenters. The van der Waals surface area contributed by atoms with Crippen LogP contribution in [0, 0.1) is 56.7 Å². The fraction of sp³-hybridized carbons (Fsp3) is 0.867. The molecule has 0 spiro atoms. The van der Waals surface area contributed by atoms with E-state index >= 15 is 0 Å². The van der Waals surface area contributed by atoms with Crippen molar-refractivity contribution in [3.63, 3.8) is 0 Å². The van der Waals surface area contributed by atoms with Crippen LogP contribution in [0.25, 0.3) is 0 Å². The first kappa shape index (κ1) is 45.7. The maximum atomic E-state index is 14.9. The van der Waals surface area contributed by atoms with Gasteiger partial charge in [-0.05, 0) is 109 Å². The number of ether oxygens (including phenoxy) is 4. The lowest BCUT2D eigenvalue weighted by atomic mass is 9.37. The van der Waals surface area contributed by atoms with Crippen LogP contribution in [0.2, 0.25) is 0 Å². The number of rotatable bonds is 9. The molecule has 15 heteroatoms. The predicted molar refractivity (Wildman–Crippen MR) is 212 cm³/mol. The SMILES string of the molecule is CC(C)CC(=O)[C@@]1(C)CC[C@]2(C)CCC3C(=CC(=O)[C@@H]4[C@@]5(C)CC[C@H](O[C@H]6OC(C(=O)O)[C@@H](O)[C@@H](O)C6O[C@@H]6OC(C(=O)O)[C@@H](O)[C@@H](O)C6O)C(C)(C)[C@@H]5CC[C@@]34C)[C@@H]2C1. The van der Waals surface area contributed by atoms with Crippen molar-refractivity contribution in [3.8, 4) is 0 Å². The van der Waals surface area contributed by atoms with E-state index in [2.05, 4.69) is 41.5 Å². The van der Waals surface area contributed by atoms with Crippen LogP contribution in [0.4, 0.5) is 0 Å². The molecule has 5 aliphatic carbocycles. The Morgan fingerprint density at radius 1 is 0.717 bits per heavy atom. The molecular weight excluding hydrogens is 780 g/mol. The normalized spacial score (nSPS) is 50.1. The summed E-state index contributed by atoms with van der Waals surface area (Å²) in [6.07, 6.45) is -10.3. The molecule has 0 aromatic heterocycles. The van der Waals surface area contributed by atoms with E-state index < -0.39 is 95.7 Å². The minimum atomic E-state index is -2.03. The number of hydrogen-bond acceptors (Lipinski definition) is 13. The van der Waals surface area contributed by atoms with Crippen LogP contribution in [0.15, 0.2) is 11.6 Å². The van der Waals surface area contributed by atoms with Gasteiger partial charge < -0.3 is 54.7 Å². The van der Waals surface area contributed by atoms with E-state index in [-0.39, 0.29) is 46.2 Å². The highest BCUT2D eigenvalue weighted by molar-refractivity contribution is 5.95. The fourth-order valence-corrected chi connectivity index (χ4v) is 13.8. The Bertz CT molecular complexity index is 1750. The van der Waals surface area contributed by atoms with Crippen molar-refractivity contribution in [1.29, 1.82) is 0 Å². The van der Waals surface area contributed by atoms with E-state index in [1.54, 1.807) is 0 Å². The second kappa shape index (κ2) is 15.7. The Hall–Kier alpha value is -2.34. The van der Waals surface area contributed by atoms with Crippen LogP contribution in [0.1, 0.15) is 120 Å². The number of hydrogen-bond donors (Lipinski definition) is 7. The Morgan fingerprint density at radius 3 is 1.93 bits per heavy atom. The summed E-state index contributed by atoms with van der Waals surface area (Å²) in [5.41, 5.74) is -0.547. The van der Waals surface area contributed by atoms with Crippen molar-refractivity contribution in [2.75, 3.05) is 0 Å². The molecular formula is C45H68O15. The topological polar surface area (TPSA) is 247 Å². The van der Waals surface area contributed by atoms with Gasteiger partial charge in [-0.2, -0.15) is 0 Å². The summed E-state index contributed by atoms with van der Waals surface area (Å²) in [5.74, 6) is -2.44.